The maximum Gasteiger partial charge on any atom is 0.264 e. The van der Waals surface area contributed by atoms with Gasteiger partial charge in [0.2, 0.25) is 11.8 Å². The number of halogens is 1. The molecule has 0 aromatic heterocycles. The summed E-state index contributed by atoms with van der Waals surface area (Å²) >= 11 is 6.55. The number of unbranched alkanes of at least 4 members (excludes halogenated alkanes) is 1. The summed E-state index contributed by atoms with van der Waals surface area (Å²) < 4.78 is 34.8. The second-order valence-corrected chi connectivity index (χ2v) is 12.7. The summed E-state index contributed by atoms with van der Waals surface area (Å²) in [5.74, 6) is -0.630. The van der Waals surface area contributed by atoms with Crippen molar-refractivity contribution in [2.75, 3.05) is 24.5 Å². The van der Waals surface area contributed by atoms with Crippen LogP contribution < -0.4 is 14.4 Å². The van der Waals surface area contributed by atoms with E-state index < -0.39 is 28.5 Å². The highest BCUT2D eigenvalue weighted by atomic mass is 35.5. The molecule has 0 bridgehead atoms. The Hall–Kier alpha value is -4.34. The standard InChI is InChI=1S/C35H38ClN3O5S/c1-3-4-23-37-35(41)32(24-27-15-7-5-8-16-27)38(25-28-17-11-12-20-30(28)36)34(40)26-39(31-21-13-14-22-33(31)44-2)45(42,43)29-18-9-6-10-19-29/h5-22,32H,3-4,23-26H2,1-2H3,(H,37,41). The van der Waals surface area contributed by atoms with E-state index in [0.717, 1.165) is 22.7 Å². The molecule has 236 valence electrons. The zero-order valence-electron chi connectivity index (χ0n) is 25.4. The van der Waals surface area contributed by atoms with Crippen molar-refractivity contribution in [3.8, 4) is 5.75 Å². The number of para-hydroxylation sites is 2. The molecule has 2 amide bonds. The number of carbonyl (C=O) groups is 2. The van der Waals surface area contributed by atoms with Crippen LogP contribution in [0.2, 0.25) is 5.02 Å². The summed E-state index contributed by atoms with van der Waals surface area (Å²) in [6.07, 6.45) is 1.88. The molecule has 0 aliphatic rings. The van der Waals surface area contributed by atoms with Crippen LogP contribution in [0.5, 0.6) is 5.75 Å². The molecule has 1 atom stereocenters. The number of hydrogen-bond acceptors (Lipinski definition) is 5. The summed E-state index contributed by atoms with van der Waals surface area (Å²) in [4.78, 5) is 29.8. The fourth-order valence-electron chi connectivity index (χ4n) is 4.94. The van der Waals surface area contributed by atoms with Gasteiger partial charge in [-0.05, 0) is 47.9 Å². The Balaban J connectivity index is 1.82. The Bertz CT molecular complexity index is 1670. The lowest BCUT2D eigenvalue weighted by molar-refractivity contribution is -0.140. The predicted molar refractivity (Wildman–Crippen MR) is 178 cm³/mol. The summed E-state index contributed by atoms with van der Waals surface area (Å²) in [5.41, 5.74) is 1.67. The average molecular weight is 648 g/mol. The SMILES string of the molecule is CCCCNC(=O)C(Cc1ccccc1)N(Cc1ccccc1Cl)C(=O)CN(c1ccccc1OC)S(=O)(=O)c1ccccc1. The van der Waals surface area contributed by atoms with Crippen LogP contribution in [-0.4, -0.2) is 51.4 Å². The second kappa shape index (κ2) is 16.1. The summed E-state index contributed by atoms with van der Waals surface area (Å²) in [6.45, 7) is 1.88. The first-order valence-corrected chi connectivity index (χ1v) is 16.6. The molecule has 4 aromatic rings. The number of carbonyl (C=O) groups excluding carboxylic acids is 2. The van der Waals surface area contributed by atoms with Gasteiger partial charge in [0.05, 0.1) is 17.7 Å². The molecule has 10 heteroatoms. The second-order valence-electron chi connectivity index (χ2n) is 10.5. The highest BCUT2D eigenvalue weighted by Crippen LogP contribution is 2.33. The molecule has 1 unspecified atom stereocenters. The normalized spacial score (nSPS) is 11.8. The highest BCUT2D eigenvalue weighted by molar-refractivity contribution is 7.92. The van der Waals surface area contributed by atoms with Gasteiger partial charge in [0.25, 0.3) is 10.0 Å². The molecule has 4 rings (SSSR count). The third-order valence-electron chi connectivity index (χ3n) is 7.36. The van der Waals surface area contributed by atoms with Gasteiger partial charge >= 0.3 is 0 Å². The zero-order chi connectivity index (χ0) is 32.2. The third-order valence-corrected chi connectivity index (χ3v) is 9.51. The number of methoxy groups -OCH3 is 1. The van der Waals surface area contributed by atoms with Crippen molar-refractivity contribution >= 4 is 39.1 Å². The van der Waals surface area contributed by atoms with Crippen molar-refractivity contribution in [2.45, 2.75) is 43.7 Å². The van der Waals surface area contributed by atoms with E-state index in [-0.39, 0.29) is 35.2 Å². The van der Waals surface area contributed by atoms with Crippen LogP contribution in [0, 0.1) is 0 Å². The van der Waals surface area contributed by atoms with Gasteiger partial charge in [-0.15, -0.1) is 0 Å². The first kappa shape index (κ1) is 33.6. The minimum Gasteiger partial charge on any atom is -0.495 e. The molecule has 45 heavy (non-hydrogen) atoms. The Kier molecular flexibility index (Phi) is 12.0. The quantitative estimate of drug-likeness (QED) is 0.157. The monoisotopic (exact) mass is 647 g/mol. The summed E-state index contributed by atoms with van der Waals surface area (Å²) in [6, 6.07) is 30.1. The minimum absolute atomic E-state index is 0.0116. The first-order valence-electron chi connectivity index (χ1n) is 14.8. The van der Waals surface area contributed by atoms with Crippen LogP contribution in [0.4, 0.5) is 5.69 Å². The van der Waals surface area contributed by atoms with Gasteiger partial charge in [-0.2, -0.15) is 0 Å². The van der Waals surface area contributed by atoms with E-state index in [0.29, 0.717) is 17.1 Å². The van der Waals surface area contributed by atoms with Crippen molar-refractivity contribution in [2.24, 2.45) is 0 Å². The van der Waals surface area contributed by atoms with E-state index in [1.54, 1.807) is 66.7 Å². The Morgan fingerprint density at radius 3 is 2.16 bits per heavy atom. The number of nitrogens with zero attached hydrogens (tertiary/aromatic N) is 2. The average Bonchev–Trinajstić information content (AvgIpc) is 3.06. The highest BCUT2D eigenvalue weighted by Gasteiger charge is 2.35. The van der Waals surface area contributed by atoms with E-state index >= 15 is 0 Å². The summed E-state index contributed by atoms with van der Waals surface area (Å²) in [7, 11) is -2.80. The molecule has 0 fully saturated rings. The van der Waals surface area contributed by atoms with E-state index in [4.69, 9.17) is 16.3 Å². The van der Waals surface area contributed by atoms with Gasteiger partial charge in [0.1, 0.15) is 18.3 Å². The largest absolute Gasteiger partial charge is 0.495 e. The number of rotatable bonds is 15. The van der Waals surface area contributed by atoms with Gasteiger partial charge in [-0.1, -0.05) is 104 Å². The van der Waals surface area contributed by atoms with Gasteiger partial charge < -0.3 is 15.0 Å². The lowest BCUT2D eigenvalue weighted by Gasteiger charge is -2.34. The molecule has 0 aliphatic carbocycles. The Labute approximate surface area is 270 Å². The van der Waals surface area contributed by atoms with Crippen molar-refractivity contribution in [1.29, 1.82) is 0 Å². The molecule has 1 N–H and O–H groups in total. The molecular weight excluding hydrogens is 610 g/mol. The summed E-state index contributed by atoms with van der Waals surface area (Å²) in [5, 5.41) is 3.41. The molecular formula is C35H38ClN3O5S. The smallest absolute Gasteiger partial charge is 0.264 e. The predicted octanol–water partition coefficient (Wildman–Crippen LogP) is 6.10. The van der Waals surface area contributed by atoms with Gasteiger partial charge in [-0.3, -0.25) is 13.9 Å². The lowest BCUT2D eigenvalue weighted by atomic mass is 10.0. The van der Waals surface area contributed by atoms with Crippen LogP contribution in [-0.2, 0) is 32.6 Å². The maximum absolute atomic E-state index is 14.5. The topological polar surface area (TPSA) is 96.0 Å². The van der Waals surface area contributed by atoms with Crippen molar-refractivity contribution in [3.05, 3.63) is 125 Å². The maximum atomic E-state index is 14.5. The molecule has 0 spiro atoms. The van der Waals surface area contributed by atoms with E-state index in [9.17, 15) is 18.0 Å². The molecule has 8 nitrogen and oxygen atoms in total. The number of amides is 2. The first-order chi connectivity index (χ1) is 21.8. The van der Waals surface area contributed by atoms with E-state index in [1.807, 2.05) is 37.3 Å². The fraction of sp³-hybridized carbons (Fsp3) is 0.257. The minimum atomic E-state index is -4.24. The van der Waals surface area contributed by atoms with Gasteiger partial charge in [0, 0.05) is 24.5 Å². The van der Waals surface area contributed by atoms with Crippen LogP contribution in [0.3, 0.4) is 0 Å². The zero-order valence-corrected chi connectivity index (χ0v) is 27.0. The number of ether oxygens (including phenoxy) is 1. The van der Waals surface area contributed by atoms with Gasteiger partial charge in [-0.25, -0.2) is 8.42 Å². The molecule has 0 aliphatic heterocycles. The van der Waals surface area contributed by atoms with Gasteiger partial charge in [0.15, 0.2) is 0 Å². The number of benzene rings is 4. The van der Waals surface area contributed by atoms with Crippen LogP contribution in [0.15, 0.2) is 114 Å². The third kappa shape index (κ3) is 8.65. The Morgan fingerprint density at radius 2 is 1.49 bits per heavy atom. The molecule has 4 aromatic carbocycles. The van der Waals surface area contributed by atoms with Crippen molar-refractivity contribution < 1.29 is 22.7 Å². The number of anilines is 1. The lowest BCUT2D eigenvalue weighted by Crippen LogP contribution is -2.53. The number of hydrogen-bond donors (Lipinski definition) is 1. The number of nitrogens with one attached hydrogen (secondary N) is 1. The Morgan fingerprint density at radius 1 is 0.867 bits per heavy atom. The fourth-order valence-corrected chi connectivity index (χ4v) is 6.58. The molecule has 0 saturated heterocycles. The number of sulfonamides is 1. The van der Waals surface area contributed by atoms with Crippen molar-refractivity contribution in [3.63, 3.8) is 0 Å². The van der Waals surface area contributed by atoms with Crippen LogP contribution in [0.1, 0.15) is 30.9 Å². The van der Waals surface area contributed by atoms with E-state index in [2.05, 4.69) is 5.32 Å². The molecule has 0 radical (unpaired) electrons. The van der Waals surface area contributed by atoms with E-state index in [1.165, 1.54) is 24.1 Å². The van der Waals surface area contributed by atoms with Crippen LogP contribution >= 0.6 is 11.6 Å². The molecule has 0 heterocycles. The van der Waals surface area contributed by atoms with Crippen molar-refractivity contribution in [1.82, 2.24) is 10.2 Å². The van der Waals surface area contributed by atoms with Crippen LogP contribution in [0.25, 0.3) is 0 Å². The molecule has 0 saturated carbocycles.